The first kappa shape index (κ1) is 15.0. The summed E-state index contributed by atoms with van der Waals surface area (Å²) >= 11 is 1.50. The van der Waals surface area contributed by atoms with Crippen molar-refractivity contribution in [1.82, 2.24) is 9.88 Å². The fourth-order valence-corrected chi connectivity index (χ4v) is 2.64. The summed E-state index contributed by atoms with van der Waals surface area (Å²) in [5.41, 5.74) is 0.881. The van der Waals surface area contributed by atoms with Crippen molar-refractivity contribution in [3.63, 3.8) is 0 Å². The Balaban J connectivity index is 2.07. The highest BCUT2D eigenvalue weighted by Crippen LogP contribution is 2.16. The first-order valence-electron chi connectivity index (χ1n) is 6.21. The van der Waals surface area contributed by atoms with Crippen LogP contribution in [0, 0.1) is 11.8 Å². The molecule has 2 heterocycles. The number of rotatable bonds is 3. The number of aromatic amines is 1. The van der Waals surface area contributed by atoms with Crippen molar-refractivity contribution in [2.24, 2.45) is 0 Å². The van der Waals surface area contributed by atoms with Crippen LogP contribution in [0.4, 0.5) is 0 Å². The van der Waals surface area contributed by atoms with E-state index in [4.69, 9.17) is 5.11 Å². The Labute approximate surface area is 125 Å². The molecule has 1 amide bonds. The van der Waals surface area contributed by atoms with Crippen molar-refractivity contribution in [3.05, 3.63) is 56.1 Å². The van der Waals surface area contributed by atoms with Gasteiger partial charge in [0, 0.05) is 40.7 Å². The summed E-state index contributed by atoms with van der Waals surface area (Å²) in [7, 11) is 1.68. The fraction of sp³-hybridized carbons (Fsp3) is 0.200. The lowest BCUT2D eigenvalue weighted by Crippen LogP contribution is -2.26. The fourth-order valence-electron chi connectivity index (χ4n) is 1.77. The Morgan fingerprint density at radius 1 is 1.48 bits per heavy atom. The second-order valence-electron chi connectivity index (χ2n) is 4.36. The monoisotopic (exact) mass is 302 g/mol. The molecule has 2 aromatic heterocycles. The number of carbonyl (C=O) groups is 1. The van der Waals surface area contributed by atoms with Gasteiger partial charge in [0.15, 0.2) is 0 Å². The van der Waals surface area contributed by atoms with Crippen LogP contribution in [0.2, 0.25) is 0 Å². The van der Waals surface area contributed by atoms with E-state index in [0.717, 1.165) is 10.4 Å². The molecule has 2 N–H and O–H groups in total. The molecule has 6 heteroatoms. The average Bonchev–Trinajstić information content (AvgIpc) is 2.91. The summed E-state index contributed by atoms with van der Waals surface area (Å²) in [5, 5.41) is 10.5. The summed E-state index contributed by atoms with van der Waals surface area (Å²) in [6.07, 6.45) is 1.46. The Bertz CT molecular complexity index is 752. The van der Waals surface area contributed by atoms with Gasteiger partial charge in [-0.05, 0) is 12.1 Å². The van der Waals surface area contributed by atoms with Gasteiger partial charge in [-0.3, -0.25) is 9.59 Å². The minimum atomic E-state index is -0.299. The topological polar surface area (TPSA) is 73.4 Å². The Hall–Kier alpha value is -2.36. The van der Waals surface area contributed by atoms with Gasteiger partial charge < -0.3 is 15.0 Å². The highest BCUT2D eigenvalue weighted by atomic mass is 32.1. The summed E-state index contributed by atoms with van der Waals surface area (Å²) < 4.78 is 0. The minimum Gasteiger partial charge on any atom is -0.384 e. The van der Waals surface area contributed by atoms with Crippen LogP contribution in [0.5, 0.6) is 0 Å². The number of thiophene rings is 1. The molecular weight excluding hydrogens is 288 g/mol. The van der Waals surface area contributed by atoms with Gasteiger partial charge >= 0.3 is 0 Å². The normalized spacial score (nSPS) is 9.81. The van der Waals surface area contributed by atoms with Crippen LogP contribution in [0.1, 0.15) is 20.8 Å². The zero-order valence-corrected chi connectivity index (χ0v) is 12.2. The SMILES string of the molecule is CN(Cc1cc(C#CCO)cs1)C(=O)c1cc[nH]c(=O)c1. The number of H-pyrrole nitrogens is 1. The Morgan fingerprint density at radius 3 is 3.00 bits per heavy atom. The van der Waals surface area contributed by atoms with Crippen molar-refractivity contribution in [2.45, 2.75) is 6.54 Å². The molecule has 0 atom stereocenters. The predicted molar refractivity (Wildman–Crippen MR) is 81.1 cm³/mol. The predicted octanol–water partition coefficient (Wildman–Crippen LogP) is 1.05. The molecule has 0 unspecified atom stereocenters. The van der Waals surface area contributed by atoms with Gasteiger partial charge in [0.25, 0.3) is 5.91 Å². The Kier molecular flexibility index (Phi) is 4.93. The van der Waals surface area contributed by atoms with Gasteiger partial charge in [-0.1, -0.05) is 11.8 Å². The van der Waals surface area contributed by atoms with E-state index < -0.39 is 0 Å². The Morgan fingerprint density at radius 2 is 2.29 bits per heavy atom. The van der Waals surface area contributed by atoms with Gasteiger partial charge in [0.05, 0.1) is 6.54 Å². The number of amides is 1. The van der Waals surface area contributed by atoms with E-state index >= 15 is 0 Å². The molecular formula is C15H14N2O3S. The minimum absolute atomic E-state index is 0.174. The first-order chi connectivity index (χ1) is 10.1. The van der Waals surface area contributed by atoms with E-state index in [1.165, 1.54) is 23.6 Å². The molecule has 0 aliphatic carbocycles. The summed E-state index contributed by atoms with van der Waals surface area (Å²) in [6.45, 7) is 0.267. The quantitative estimate of drug-likeness (QED) is 0.832. The molecule has 108 valence electrons. The molecule has 0 radical (unpaired) electrons. The van der Waals surface area contributed by atoms with Gasteiger partial charge in [0.1, 0.15) is 6.61 Å². The third-order valence-electron chi connectivity index (χ3n) is 2.73. The van der Waals surface area contributed by atoms with Crippen molar-refractivity contribution in [1.29, 1.82) is 0 Å². The number of nitrogens with one attached hydrogen (secondary N) is 1. The van der Waals surface area contributed by atoms with Gasteiger partial charge in [0.2, 0.25) is 5.56 Å². The highest BCUT2D eigenvalue weighted by Gasteiger charge is 2.13. The molecule has 0 fully saturated rings. The van der Waals surface area contributed by atoms with Crippen LogP contribution < -0.4 is 5.56 Å². The van der Waals surface area contributed by atoms with Crippen molar-refractivity contribution in [2.75, 3.05) is 13.7 Å². The van der Waals surface area contributed by atoms with Crippen molar-refractivity contribution >= 4 is 17.2 Å². The van der Waals surface area contributed by atoms with Crippen molar-refractivity contribution < 1.29 is 9.90 Å². The second-order valence-corrected chi connectivity index (χ2v) is 5.36. The highest BCUT2D eigenvalue weighted by molar-refractivity contribution is 7.10. The van der Waals surface area contributed by atoms with E-state index in [2.05, 4.69) is 16.8 Å². The third-order valence-corrected chi connectivity index (χ3v) is 3.65. The molecule has 0 saturated heterocycles. The molecule has 2 aromatic rings. The van der Waals surface area contributed by atoms with Gasteiger partial charge in [-0.15, -0.1) is 11.3 Å². The maximum absolute atomic E-state index is 12.2. The molecule has 0 aliphatic heterocycles. The van der Waals surface area contributed by atoms with Gasteiger partial charge in [-0.2, -0.15) is 0 Å². The van der Waals surface area contributed by atoms with Crippen LogP contribution >= 0.6 is 11.3 Å². The third kappa shape index (κ3) is 4.05. The molecule has 5 nitrogen and oxygen atoms in total. The van der Waals surface area contributed by atoms with Crippen LogP contribution in [0.3, 0.4) is 0 Å². The van der Waals surface area contributed by atoms with Gasteiger partial charge in [-0.25, -0.2) is 0 Å². The average molecular weight is 302 g/mol. The van der Waals surface area contributed by atoms with E-state index in [1.807, 2.05) is 11.4 Å². The maximum Gasteiger partial charge on any atom is 0.254 e. The lowest BCUT2D eigenvalue weighted by atomic mass is 10.2. The standard InChI is InChI=1S/C15H14N2O3S/c1-17(15(20)12-4-5-16-14(19)8-12)9-13-7-11(10-21-13)3-2-6-18/h4-5,7-8,10,18H,6,9H2,1H3,(H,16,19). The molecule has 0 aromatic carbocycles. The summed E-state index contributed by atoms with van der Waals surface area (Å²) in [6, 6.07) is 4.74. The zero-order valence-electron chi connectivity index (χ0n) is 11.4. The first-order valence-corrected chi connectivity index (χ1v) is 7.09. The van der Waals surface area contributed by atoms with Crippen LogP contribution in [0.15, 0.2) is 34.6 Å². The van der Waals surface area contributed by atoms with E-state index in [9.17, 15) is 9.59 Å². The van der Waals surface area contributed by atoms with Crippen LogP contribution in [-0.4, -0.2) is 34.6 Å². The lowest BCUT2D eigenvalue weighted by Gasteiger charge is -2.15. The number of aliphatic hydroxyl groups is 1. The molecule has 2 rings (SSSR count). The number of aromatic nitrogens is 1. The largest absolute Gasteiger partial charge is 0.384 e. The smallest absolute Gasteiger partial charge is 0.254 e. The van der Waals surface area contributed by atoms with E-state index in [1.54, 1.807) is 18.0 Å². The molecule has 21 heavy (non-hydrogen) atoms. The van der Waals surface area contributed by atoms with E-state index in [-0.39, 0.29) is 18.1 Å². The molecule has 0 bridgehead atoms. The van der Waals surface area contributed by atoms with Crippen LogP contribution in [-0.2, 0) is 6.54 Å². The van der Waals surface area contributed by atoms with Crippen molar-refractivity contribution in [3.8, 4) is 11.8 Å². The number of aliphatic hydroxyl groups excluding tert-OH is 1. The molecule has 0 spiro atoms. The number of hydrogen-bond acceptors (Lipinski definition) is 4. The zero-order chi connectivity index (χ0) is 15.2. The number of pyridine rings is 1. The second kappa shape index (κ2) is 6.88. The van der Waals surface area contributed by atoms with Crippen LogP contribution in [0.25, 0.3) is 0 Å². The lowest BCUT2D eigenvalue weighted by molar-refractivity contribution is 0.0786. The summed E-state index contributed by atoms with van der Waals surface area (Å²) in [4.78, 5) is 28.4. The number of hydrogen-bond donors (Lipinski definition) is 2. The number of carbonyl (C=O) groups excluding carboxylic acids is 1. The molecule has 0 aliphatic rings. The van der Waals surface area contributed by atoms with E-state index in [0.29, 0.717) is 12.1 Å². The number of nitrogens with zero attached hydrogens (tertiary/aromatic N) is 1. The summed E-state index contributed by atoms with van der Waals surface area (Å²) in [5.74, 6) is 5.19. The molecule has 0 saturated carbocycles. The maximum atomic E-state index is 12.2.